The Bertz CT molecular complexity index is 508. The SMILES string of the molecule is CCC(C)N(CCC(N)=S)C(=O)/C=C/c1ccc(C)cc1. The molecular formula is C17H24N2OS. The number of carbonyl (C=O) groups excluding carboxylic acids is 1. The molecule has 114 valence electrons. The average Bonchev–Trinajstić information content (AvgIpc) is 2.46. The van der Waals surface area contributed by atoms with E-state index in [2.05, 4.69) is 6.92 Å². The van der Waals surface area contributed by atoms with Crippen LogP contribution in [0.5, 0.6) is 0 Å². The van der Waals surface area contributed by atoms with Gasteiger partial charge in [0.1, 0.15) is 0 Å². The summed E-state index contributed by atoms with van der Waals surface area (Å²) in [5.41, 5.74) is 7.76. The summed E-state index contributed by atoms with van der Waals surface area (Å²) in [6.07, 6.45) is 4.93. The molecule has 0 saturated carbocycles. The van der Waals surface area contributed by atoms with E-state index in [0.717, 1.165) is 12.0 Å². The minimum Gasteiger partial charge on any atom is -0.393 e. The monoisotopic (exact) mass is 304 g/mol. The van der Waals surface area contributed by atoms with E-state index in [9.17, 15) is 4.79 Å². The maximum absolute atomic E-state index is 12.4. The van der Waals surface area contributed by atoms with Crippen LogP contribution in [0.2, 0.25) is 0 Å². The zero-order valence-corrected chi connectivity index (χ0v) is 13.8. The van der Waals surface area contributed by atoms with E-state index in [-0.39, 0.29) is 11.9 Å². The lowest BCUT2D eigenvalue weighted by Gasteiger charge is -2.27. The van der Waals surface area contributed by atoms with Gasteiger partial charge in [-0.3, -0.25) is 4.79 Å². The third kappa shape index (κ3) is 6.08. The predicted octanol–water partition coefficient (Wildman–Crippen LogP) is 3.31. The standard InChI is InChI=1S/C17H24N2OS/c1-4-14(3)19(12-11-16(18)21)17(20)10-9-15-7-5-13(2)6-8-15/h5-10,14H,4,11-12H2,1-3H3,(H2,18,21)/b10-9+. The van der Waals surface area contributed by atoms with Gasteiger partial charge in [-0.2, -0.15) is 0 Å². The number of hydrogen-bond acceptors (Lipinski definition) is 2. The first kappa shape index (κ1) is 17.4. The molecule has 0 spiro atoms. The van der Waals surface area contributed by atoms with E-state index in [1.165, 1.54) is 5.56 Å². The number of aryl methyl sites for hydroxylation is 1. The third-order valence-corrected chi connectivity index (χ3v) is 3.70. The summed E-state index contributed by atoms with van der Waals surface area (Å²) in [6, 6.07) is 8.24. The molecule has 2 N–H and O–H groups in total. The summed E-state index contributed by atoms with van der Waals surface area (Å²) in [5, 5.41) is 0. The van der Waals surface area contributed by atoms with Gasteiger partial charge in [-0.05, 0) is 31.9 Å². The fourth-order valence-electron chi connectivity index (χ4n) is 1.94. The summed E-state index contributed by atoms with van der Waals surface area (Å²) in [6.45, 7) is 6.72. The van der Waals surface area contributed by atoms with Gasteiger partial charge in [0.2, 0.25) is 5.91 Å². The first-order valence-corrected chi connectivity index (χ1v) is 7.68. The Hall–Kier alpha value is -1.68. The van der Waals surface area contributed by atoms with Gasteiger partial charge in [0.05, 0.1) is 4.99 Å². The van der Waals surface area contributed by atoms with Gasteiger partial charge < -0.3 is 10.6 Å². The molecular weight excluding hydrogens is 280 g/mol. The molecule has 4 heteroatoms. The molecule has 1 aromatic rings. The molecule has 0 aliphatic rings. The maximum atomic E-state index is 12.4. The number of amides is 1. The molecule has 0 fully saturated rings. The van der Waals surface area contributed by atoms with Crippen molar-refractivity contribution in [3.8, 4) is 0 Å². The van der Waals surface area contributed by atoms with Crippen LogP contribution >= 0.6 is 12.2 Å². The molecule has 1 atom stereocenters. The molecule has 0 radical (unpaired) electrons. The second kappa shape index (κ2) is 8.57. The van der Waals surface area contributed by atoms with Crippen molar-refractivity contribution in [1.29, 1.82) is 0 Å². The molecule has 1 aromatic carbocycles. The van der Waals surface area contributed by atoms with E-state index in [4.69, 9.17) is 18.0 Å². The summed E-state index contributed by atoms with van der Waals surface area (Å²) in [5.74, 6) is 0.00109. The number of nitrogens with two attached hydrogens (primary N) is 1. The van der Waals surface area contributed by atoms with Crippen LogP contribution in [0.3, 0.4) is 0 Å². The first-order chi connectivity index (χ1) is 9.93. The highest BCUT2D eigenvalue weighted by molar-refractivity contribution is 7.80. The van der Waals surface area contributed by atoms with E-state index in [1.807, 2.05) is 49.1 Å². The Morgan fingerprint density at radius 3 is 2.52 bits per heavy atom. The van der Waals surface area contributed by atoms with E-state index in [1.54, 1.807) is 6.08 Å². The average molecular weight is 304 g/mol. The minimum absolute atomic E-state index is 0.00109. The van der Waals surface area contributed by atoms with Gasteiger partial charge in [-0.15, -0.1) is 0 Å². The van der Waals surface area contributed by atoms with Crippen molar-refractivity contribution >= 4 is 29.2 Å². The fraction of sp³-hybridized carbons (Fsp3) is 0.412. The van der Waals surface area contributed by atoms with E-state index < -0.39 is 0 Å². The minimum atomic E-state index is 0.00109. The molecule has 0 bridgehead atoms. The Morgan fingerprint density at radius 2 is 2.00 bits per heavy atom. The quantitative estimate of drug-likeness (QED) is 0.621. The molecule has 1 rings (SSSR count). The van der Waals surface area contributed by atoms with Crippen LogP contribution in [0.15, 0.2) is 30.3 Å². The van der Waals surface area contributed by atoms with Crippen LogP contribution in [0.1, 0.15) is 37.8 Å². The second-order valence-corrected chi connectivity index (χ2v) is 5.77. The normalized spacial score (nSPS) is 12.3. The van der Waals surface area contributed by atoms with Crippen molar-refractivity contribution in [2.24, 2.45) is 5.73 Å². The Labute approximate surface area is 132 Å². The highest BCUT2D eigenvalue weighted by Gasteiger charge is 2.16. The highest BCUT2D eigenvalue weighted by atomic mass is 32.1. The van der Waals surface area contributed by atoms with E-state index in [0.29, 0.717) is 18.0 Å². The lowest BCUT2D eigenvalue weighted by atomic mass is 10.1. The molecule has 1 unspecified atom stereocenters. The second-order valence-electron chi connectivity index (χ2n) is 5.25. The Balaban J connectivity index is 2.75. The molecule has 21 heavy (non-hydrogen) atoms. The highest BCUT2D eigenvalue weighted by Crippen LogP contribution is 2.09. The zero-order valence-electron chi connectivity index (χ0n) is 13.0. The van der Waals surface area contributed by atoms with Crippen molar-refractivity contribution in [2.45, 2.75) is 39.7 Å². The van der Waals surface area contributed by atoms with Crippen LogP contribution < -0.4 is 5.73 Å². The summed E-state index contributed by atoms with van der Waals surface area (Å²) in [4.78, 5) is 14.6. The molecule has 0 aromatic heterocycles. The van der Waals surface area contributed by atoms with E-state index >= 15 is 0 Å². The van der Waals surface area contributed by atoms with Gasteiger partial charge in [-0.25, -0.2) is 0 Å². The van der Waals surface area contributed by atoms with Crippen LogP contribution in [-0.2, 0) is 4.79 Å². The van der Waals surface area contributed by atoms with Gasteiger partial charge in [-0.1, -0.05) is 49.0 Å². The van der Waals surface area contributed by atoms with Crippen LogP contribution in [0, 0.1) is 6.92 Å². The molecule has 0 aliphatic heterocycles. The van der Waals surface area contributed by atoms with Crippen LogP contribution in [0.4, 0.5) is 0 Å². The lowest BCUT2D eigenvalue weighted by molar-refractivity contribution is -0.127. The third-order valence-electron chi connectivity index (χ3n) is 3.50. The first-order valence-electron chi connectivity index (χ1n) is 7.27. The van der Waals surface area contributed by atoms with Gasteiger partial charge in [0.15, 0.2) is 0 Å². The number of nitrogens with zero attached hydrogens (tertiary/aromatic N) is 1. The van der Waals surface area contributed by atoms with Crippen molar-refractivity contribution in [1.82, 2.24) is 4.90 Å². The number of benzene rings is 1. The summed E-state index contributed by atoms with van der Waals surface area (Å²) >= 11 is 4.90. The lowest BCUT2D eigenvalue weighted by Crippen LogP contribution is -2.39. The predicted molar refractivity (Wildman–Crippen MR) is 93.1 cm³/mol. The number of rotatable bonds is 7. The number of hydrogen-bond donors (Lipinski definition) is 1. The smallest absolute Gasteiger partial charge is 0.246 e. The van der Waals surface area contributed by atoms with Crippen LogP contribution in [0.25, 0.3) is 6.08 Å². The Morgan fingerprint density at radius 1 is 1.38 bits per heavy atom. The fourth-order valence-corrected chi connectivity index (χ4v) is 2.03. The number of thiocarbonyl (C=S) groups is 1. The van der Waals surface area contributed by atoms with Gasteiger partial charge >= 0.3 is 0 Å². The van der Waals surface area contributed by atoms with Gasteiger partial charge in [0, 0.05) is 25.1 Å². The summed E-state index contributed by atoms with van der Waals surface area (Å²) < 4.78 is 0. The van der Waals surface area contributed by atoms with Crippen LogP contribution in [-0.4, -0.2) is 28.4 Å². The Kier molecular flexibility index (Phi) is 7.09. The maximum Gasteiger partial charge on any atom is 0.246 e. The zero-order chi connectivity index (χ0) is 15.8. The van der Waals surface area contributed by atoms with Crippen molar-refractivity contribution in [3.05, 3.63) is 41.5 Å². The van der Waals surface area contributed by atoms with Crippen molar-refractivity contribution in [3.63, 3.8) is 0 Å². The molecule has 3 nitrogen and oxygen atoms in total. The topological polar surface area (TPSA) is 46.3 Å². The summed E-state index contributed by atoms with van der Waals surface area (Å²) in [7, 11) is 0. The molecule has 0 heterocycles. The van der Waals surface area contributed by atoms with Crippen molar-refractivity contribution < 1.29 is 4.79 Å². The number of carbonyl (C=O) groups is 1. The van der Waals surface area contributed by atoms with Crippen molar-refractivity contribution in [2.75, 3.05) is 6.54 Å². The molecule has 0 saturated heterocycles. The largest absolute Gasteiger partial charge is 0.393 e. The molecule has 1 amide bonds. The molecule has 0 aliphatic carbocycles. The van der Waals surface area contributed by atoms with Gasteiger partial charge in [0.25, 0.3) is 0 Å².